The topological polar surface area (TPSA) is 38.0 Å². The first-order valence-corrected chi connectivity index (χ1v) is 7.29. The molecule has 0 saturated heterocycles. The molecule has 1 aromatic rings. The van der Waals surface area contributed by atoms with E-state index in [4.69, 9.17) is 17.3 Å². The first kappa shape index (κ1) is 13.5. The highest BCUT2D eigenvalue weighted by Crippen LogP contribution is 2.22. The number of benzene rings is 1. The van der Waals surface area contributed by atoms with Gasteiger partial charge in [0.1, 0.15) is 0 Å². The van der Waals surface area contributed by atoms with Gasteiger partial charge in [-0.15, -0.1) is 0 Å². The molecule has 0 heterocycles. The minimum absolute atomic E-state index is 0.683. The molecule has 1 rings (SSSR count). The first-order valence-electron chi connectivity index (χ1n) is 5.52. The van der Waals surface area contributed by atoms with Gasteiger partial charge >= 0.3 is 0 Å². The van der Waals surface area contributed by atoms with E-state index in [2.05, 4.69) is 11.6 Å². The van der Waals surface area contributed by atoms with Gasteiger partial charge in [-0.3, -0.25) is 0 Å². The van der Waals surface area contributed by atoms with Crippen LogP contribution in [0.25, 0.3) is 0 Å². The van der Waals surface area contributed by atoms with Crippen molar-refractivity contribution in [3.8, 4) is 0 Å². The third kappa shape index (κ3) is 4.99. The number of hydrogen-bond donors (Lipinski definition) is 2. The summed E-state index contributed by atoms with van der Waals surface area (Å²) in [5, 5.41) is 4.01. The van der Waals surface area contributed by atoms with E-state index in [1.807, 2.05) is 23.9 Å². The second-order valence-corrected chi connectivity index (χ2v) is 5.13. The van der Waals surface area contributed by atoms with Crippen LogP contribution >= 0.6 is 23.4 Å². The van der Waals surface area contributed by atoms with Gasteiger partial charge in [0.2, 0.25) is 0 Å². The van der Waals surface area contributed by atoms with Crippen LogP contribution in [0.3, 0.4) is 0 Å². The van der Waals surface area contributed by atoms with E-state index >= 15 is 0 Å². The summed E-state index contributed by atoms with van der Waals surface area (Å²) in [7, 11) is 0. The highest BCUT2D eigenvalue weighted by atomic mass is 35.5. The minimum Gasteiger partial charge on any atom is -0.397 e. The number of nitrogens with two attached hydrogens (primary N) is 1. The van der Waals surface area contributed by atoms with Gasteiger partial charge in [-0.2, -0.15) is 11.8 Å². The van der Waals surface area contributed by atoms with Crippen molar-refractivity contribution < 1.29 is 0 Å². The molecule has 0 aliphatic rings. The number of nitrogens with one attached hydrogen (secondary N) is 1. The normalized spacial score (nSPS) is 10.4. The van der Waals surface area contributed by atoms with Crippen LogP contribution in [-0.2, 0) is 0 Å². The van der Waals surface area contributed by atoms with Gasteiger partial charge in [0.05, 0.1) is 11.4 Å². The molecule has 0 amide bonds. The number of thioether (sulfide) groups is 1. The largest absolute Gasteiger partial charge is 0.397 e. The smallest absolute Gasteiger partial charge is 0.0574 e. The van der Waals surface area contributed by atoms with Gasteiger partial charge in [-0.05, 0) is 43.0 Å². The third-order valence-electron chi connectivity index (χ3n) is 2.35. The molecule has 0 spiro atoms. The standard InChI is InChI=1S/C12H19ClN2S/c1-16-8-4-2-3-7-15-12-6-5-10(13)9-11(12)14/h5-6,9,15H,2-4,7-8,14H2,1H3. The molecule has 4 heteroatoms. The Hall–Kier alpha value is -0.540. The maximum atomic E-state index is 5.83. The van der Waals surface area contributed by atoms with E-state index in [0.717, 1.165) is 17.9 Å². The van der Waals surface area contributed by atoms with Crippen LogP contribution in [0.4, 0.5) is 11.4 Å². The number of rotatable bonds is 7. The zero-order chi connectivity index (χ0) is 11.8. The van der Waals surface area contributed by atoms with Gasteiger partial charge in [0, 0.05) is 11.6 Å². The molecule has 0 fully saturated rings. The summed E-state index contributed by atoms with van der Waals surface area (Å²) in [6.07, 6.45) is 5.88. The lowest BCUT2D eigenvalue weighted by atomic mass is 10.2. The molecule has 90 valence electrons. The molecule has 3 N–H and O–H groups in total. The minimum atomic E-state index is 0.683. The molecule has 16 heavy (non-hydrogen) atoms. The van der Waals surface area contributed by atoms with Crippen molar-refractivity contribution in [3.63, 3.8) is 0 Å². The van der Waals surface area contributed by atoms with Gasteiger partial charge in [0.25, 0.3) is 0 Å². The summed E-state index contributed by atoms with van der Waals surface area (Å²) >= 11 is 7.73. The third-order valence-corrected chi connectivity index (χ3v) is 3.29. The Balaban J connectivity index is 2.21. The second kappa shape index (κ2) is 7.69. The van der Waals surface area contributed by atoms with Crippen LogP contribution in [-0.4, -0.2) is 18.6 Å². The fraction of sp³-hybridized carbons (Fsp3) is 0.500. The SMILES string of the molecule is CSCCCCCNc1ccc(Cl)cc1N. The van der Waals surface area contributed by atoms with Gasteiger partial charge in [-0.25, -0.2) is 0 Å². The molecule has 0 radical (unpaired) electrons. The molecule has 1 aromatic carbocycles. The van der Waals surface area contributed by atoms with E-state index in [9.17, 15) is 0 Å². The van der Waals surface area contributed by atoms with E-state index in [0.29, 0.717) is 5.02 Å². The zero-order valence-electron chi connectivity index (χ0n) is 9.63. The average molecular weight is 259 g/mol. The van der Waals surface area contributed by atoms with Crippen molar-refractivity contribution in [2.45, 2.75) is 19.3 Å². The summed E-state index contributed by atoms with van der Waals surface area (Å²) in [5.41, 5.74) is 7.53. The van der Waals surface area contributed by atoms with E-state index in [1.54, 1.807) is 6.07 Å². The number of halogens is 1. The number of anilines is 2. The number of nitrogen functional groups attached to an aromatic ring is 1. The molecule has 0 unspecified atom stereocenters. The Morgan fingerprint density at radius 2 is 2.12 bits per heavy atom. The molecule has 0 aliphatic heterocycles. The summed E-state index contributed by atoms with van der Waals surface area (Å²) in [5.74, 6) is 1.25. The predicted molar refractivity (Wildman–Crippen MR) is 76.6 cm³/mol. The second-order valence-electron chi connectivity index (χ2n) is 3.71. The van der Waals surface area contributed by atoms with Gasteiger partial charge in [-0.1, -0.05) is 18.0 Å². The predicted octanol–water partition coefficient (Wildman–Crippen LogP) is 3.87. The lowest BCUT2D eigenvalue weighted by Gasteiger charge is -2.09. The van der Waals surface area contributed by atoms with Crippen LogP contribution in [0.1, 0.15) is 19.3 Å². The highest BCUT2D eigenvalue weighted by molar-refractivity contribution is 7.98. The van der Waals surface area contributed by atoms with Crippen LogP contribution in [0.2, 0.25) is 5.02 Å². The van der Waals surface area contributed by atoms with Crippen molar-refractivity contribution in [1.82, 2.24) is 0 Å². The lowest BCUT2D eigenvalue weighted by molar-refractivity contribution is 0.750. The van der Waals surface area contributed by atoms with Crippen LogP contribution < -0.4 is 11.1 Å². The Bertz CT molecular complexity index is 318. The molecule has 0 bridgehead atoms. The average Bonchev–Trinajstić information content (AvgIpc) is 2.26. The maximum absolute atomic E-state index is 5.83. The van der Waals surface area contributed by atoms with E-state index < -0.39 is 0 Å². The summed E-state index contributed by atoms with van der Waals surface area (Å²) in [6, 6.07) is 5.56. The van der Waals surface area contributed by atoms with Gasteiger partial charge in [0.15, 0.2) is 0 Å². The summed E-state index contributed by atoms with van der Waals surface area (Å²) < 4.78 is 0. The fourth-order valence-electron chi connectivity index (χ4n) is 1.47. The lowest BCUT2D eigenvalue weighted by Crippen LogP contribution is -2.04. The van der Waals surface area contributed by atoms with E-state index in [1.165, 1.54) is 25.0 Å². The van der Waals surface area contributed by atoms with Gasteiger partial charge < -0.3 is 11.1 Å². The Morgan fingerprint density at radius 1 is 1.31 bits per heavy atom. The van der Waals surface area contributed by atoms with Crippen molar-refractivity contribution >= 4 is 34.7 Å². The quantitative estimate of drug-likeness (QED) is 0.576. The monoisotopic (exact) mass is 258 g/mol. The van der Waals surface area contributed by atoms with Crippen LogP contribution in [0.15, 0.2) is 18.2 Å². The molecular formula is C12H19ClN2S. The Kier molecular flexibility index (Phi) is 6.50. The van der Waals surface area contributed by atoms with Crippen molar-refractivity contribution in [2.24, 2.45) is 0 Å². The van der Waals surface area contributed by atoms with E-state index in [-0.39, 0.29) is 0 Å². The number of hydrogen-bond acceptors (Lipinski definition) is 3. The maximum Gasteiger partial charge on any atom is 0.0574 e. The first-order chi connectivity index (χ1) is 7.74. The molecule has 0 aliphatic carbocycles. The molecule has 0 aromatic heterocycles. The van der Waals surface area contributed by atoms with Crippen molar-refractivity contribution in [3.05, 3.63) is 23.2 Å². The van der Waals surface area contributed by atoms with Crippen molar-refractivity contribution in [2.75, 3.05) is 29.6 Å². The fourth-order valence-corrected chi connectivity index (χ4v) is 2.14. The molecule has 0 atom stereocenters. The zero-order valence-corrected chi connectivity index (χ0v) is 11.2. The summed E-state index contributed by atoms with van der Waals surface area (Å²) in [4.78, 5) is 0. The molecule has 2 nitrogen and oxygen atoms in total. The molecule has 0 saturated carbocycles. The van der Waals surface area contributed by atoms with Crippen LogP contribution in [0, 0.1) is 0 Å². The Morgan fingerprint density at radius 3 is 2.81 bits per heavy atom. The van der Waals surface area contributed by atoms with Crippen molar-refractivity contribution in [1.29, 1.82) is 0 Å². The molecular weight excluding hydrogens is 240 g/mol. The Labute approximate surface area is 107 Å². The van der Waals surface area contributed by atoms with Crippen LogP contribution in [0.5, 0.6) is 0 Å². The highest BCUT2D eigenvalue weighted by Gasteiger charge is 1.98. The summed E-state index contributed by atoms with van der Waals surface area (Å²) in [6.45, 7) is 0.972. The number of unbranched alkanes of at least 4 members (excludes halogenated alkanes) is 2.